The molecule has 0 fully saturated rings. The van der Waals surface area contributed by atoms with Crippen LogP contribution in [0.4, 0.5) is 0 Å². The quantitative estimate of drug-likeness (QED) is 0.543. The largest absolute Gasteiger partial charge is 0.260 e. The summed E-state index contributed by atoms with van der Waals surface area (Å²) in [6.45, 7) is 4.44. The fourth-order valence-electron chi connectivity index (χ4n) is 1.91. The highest BCUT2D eigenvalue weighted by molar-refractivity contribution is 7.99. The van der Waals surface area contributed by atoms with E-state index in [0.717, 1.165) is 22.0 Å². The van der Waals surface area contributed by atoms with Gasteiger partial charge in [-0.05, 0) is 12.0 Å². The highest BCUT2D eigenvalue weighted by atomic mass is 32.2. The standard InChI is InChI=1S/C15H16N4S/c1-11(2)9-20-14-8-13(12-6-4-3-5-7-12)17-15-18-16-10-19(14)15/h3-8,10-11H,9H2,1-2H3. The molecular weight excluding hydrogens is 268 g/mol. The molecule has 0 atom stereocenters. The van der Waals surface area contributed by atoms with Crippen molar-refractivity contribution in [1.29, 1.82) is 0 Å². The van der Waals surface area contributed by atoms with Crippen LogP contribution in [-0.4, -0.2) is 25.3 Å². The minimum atomic E-state index is 0.639. The summed E-state index contributed by atoms with van der Waals surface area (Å²) in [5.41, 5.74) is 2.04. The first-order valence-corrected chi connectivity index (χ1v) is 7.61. The van der Waals surface area contributed by atoms with Crippen LogP contribution in [0, 0.1) is 5.92 Å². The number of rotatable bonds is 4. The van der Waals surface area contributed by atoms with Crippen molar-refractivity contribution in [2.45, 2.75) is 18.9 Å². The van der Waals surface area contributed by atoms with Crippen molar-refractivity contribution in [2.75, 3.05) is 5.75 Å². The third-order valence-corrected chi connectivity index (χ3v) is 4.33. The van der Waals surface area contributed by atoms with Crippen LogP contribution in [0.3, 0.4) is 0 Å². The van der Waals surface area contributed by atoms with Crippen LogP contribution in [0.2, 0.25) is 0 Å². The van der Waals surface area contributed by atoms with Gasteiger partial charge in [-0.2, -0.15) is 0 Å². The van der Waals surface area contributed by atoms with E-state index in [-0.39, 0.29) is 0 Å². The van der Waals surface area contributed by atoms with Crippen molar-refractivity contribution < 1.29 is 0 Å². The Morgan fingerprint density at radius 1 is 1.20 bits per heavy atom. The third-order valence-electron chi connectivity index (χ3n) is 2.88. The summed E-state index contributed by atoms with van der Waals surface area (Å²) in [5.74, 6) is 2.35. The average Bonchev–Trinajstić information content (AvgIpc) is 2.94. The van der Waals surface area contributed by atoms with Crippen LogP contribution in [0.5, 0.6) is 0 Å². The summed E-state index contributed by atoms with van der Waals surface area (Å²) >= 11 is 1.81. The van der Waals surface area contributed by atoms with E-state index in [4.69, 9.17) is 0 Å². The molecule has 2 aromatic heterocycles. The molecule has 0 radical (unpaired) electrons. The molecular formula is C15H16N4S. The summed E-state index contributed by atoms with van der Waals surface area (Å²) in [7, 11) is 0. The lowest BCUT2D eigenvalue weighted by atomic mass is 10.1. The van der Waals surface area contributed by atoms with Crippen LogP contribution < -0.4 is 0 Å². The molecule has 0 spiro atoms. The predicted molar refractivity (Wildman–Crippen MR) is 81.8 cm³/mol. The van der Waals surface area contributed by atoms with Gasteiger partial charge in [-0.25, -0.2) is 4.98 Å². The second kappa shape index (κ2) is 5.63. The van der Waals surface area contributed by atoms with E-state index >= 15 is 0 Å². The first-order chi connectivity index (χ1) is 9.74. The number of aromatic nitrogens is 4. The Labute approximate surface area is 122 Å². The Kier molecular flexibility index (Phi) is 3.69. The molecule has 5 heteroatoms. The van der Waals surface area contributed by atoms with Gasteiger partial charge in [0.25, 0.3) is 5.78 Å². The second-order valence-electron chi connectivity index (χ2n) is 5.05. The molecule has 0 amide bonds. The highest BCUT2D eigenvalue weighted by Gasteiger charge is 2.09. The molecule has 0 bridgehead atoms. The van der Waals surface area contributed by atoms with E-state index < -0.39 is 0 Å². The van der Waals surface area contributed by atoms with Crippen LogP contribution in [-0.2, 0) is 0 Å². The zero-order valence-corrected chi connectivity index (χ0v) is 12.3. The van der Waals surface area contributed by atoms with Crippen molar-refractivity contribution >= 4 is 17.5 Å². The second-order valence-corrected chi connectivity index (χ2v) is 6.09. The zero-order chi connectivity index (χ0) is 13.9. The van der Waals surface area contributed by atoms with Gasteiger partial charge in [0.2, 0.25) is 0 Å². The van der Waals surface area contributed by atoms with Crippen molar-refractivity contribution in [3.8, 4) is 11.3 Å². The van der Waals surface area contributed by atoms with Gasteiger partial charge >= 0.3 is 0 Å². The molecule has 20 heavy (non-hydrogen) atoms. The van der Waals surface area contributed by atoms with E-state index in [2.05, 4.69) is 47.2 Å². The Hall–Kier alpha value is -1.88. The molecule has 0 unspecified atom stereocenters. The molecule has 1 aromatic carbocycles. The van der Waals surface area contributed by atoms with Gasteiger partial charge in [-0.3, -0.25) is 4.40 Å². The topological polar surface area (TPSA) is 43.1 Å². The molecule has 4 nitrogen and oxygen atoms in total. The van der Waals surface area contributed by atoms with E-state index in [1.807, 2.05) is 34.4 Å². The maximum absolute atomic E-state index is 4.57. The van der Waals surface area contributed by atoms with E-state index in [1.54, 1.807) is 6.33 Å². The summed E-state index contributed by atoms with van der Waals surface area (Å²) in [4.78, 5) is 4.57. The Balaban J connectivity index is 2.06. The molecule has 0 aliphatic carbocycles. The van der Waals surface area contributed by atoms with Crippen LogP contribution in [0.1, 0.15) is 13.8 Å². The molecule has 0 aliphatic rings. The van der Waals surface area contributed by atoms with Crippen LogP contribution in [0.25, 0.3) is 17.0 Å². The van der Waals surface area contributed by atoms with E-state index in [0.29, 0.717) is 11.7 Å². The lowest BCUT2D eigenvalue weighted by Gasteiger charge is -2.09. The molecule has 0 saturated carbocycles. The van der Waals surface area contributed by atoms with Gasteiger partial charge in [0.1, 0.15) is 6.33 Å². The number of nitrogens with zero attached hydrogens (tertiary/aromatic N) is 4. The van der Waals surface area contributed by atoms with Gasteiger partial charge in [-0.1, -0.05) is 44.2 Å². The normalized spacial score (nSPS) is 11.3. The Morgan fingerprint density at radius 2 is 2.00 bits per heavy atom. The van der Waals surface area contributed by atoms with E-state index in [1.165, 1.54) is 0 Å². The van der Waals surface area contributed by atoms with E-state index in [9.17, 15) is 0 Å². The van der Waals surface area contributed by atoms with Gasteiger partial charge in [0.15, 0.2) is 0 Å². The fraction of sp³-hybridized carbons (Fsp3) is 0.267. The number of hydrogen-bond donors (Lipinski definition) is 0. The highest BCUT2D eigenvalue weighted by Crippen LogP contribution is 2.26. The number of hydrogen-bond acceptors (Lipinski definition) is 4. The lowest BCUT2D eigenvalue weighted by Crippen LogP contribution is -1.98. The van der Waals surface area contributed by atoms with Crippen molar-refractivity contribution in [2.24, 2.45) is 5.92 Å². The summed E-state index contributed by atoms with van der Waals surface area (Å²) in [5, 5.41) is 9.17. The summed E-state index contributed by atoms with van der Waals surface area (Å²) < 4.78 is 1.94. The van der Waals surface area contributed by atoms with Crippen molar-refractivity contribution in [3.05, 3.63) is 42.7 Å². The summed E-state index contributed by atoms with van der Waals surface area (Å²) in [6, 6.07) is 12.3. The Bertz CT molecular complexity index is 706. The number of thioether (sulfide) groups is 1. The first kappa shape index (κ1) is 13.1. The van der Waals surface area contributed by atoms with Crippen molar-refractivity contribution in [3.63, 3.8) is 0 Å². The smallest absolute Gasteiger partial charge is 0.256 e. The average molecular weight is 284 g/mol. The van der Waals surface area contributed by atoms with Gasteiger partial charge < -0.3 is 0 Å². The number of benzene rings is 1. The first-order valence-electron chi connectivity index (χ1n) is 6.63. The van der Waals surface area contributed by atoms with Crippen molar-refractivity contribution in [1.82, 2.24) is 19.6 Å². The maximum atomic E-state index is 4.57. The molecule has 102 valence electrons. The monoisotopic (exact) mass is 284 g/mol. The molecule has 0 saturated heterocycles. The SMILES string of the molecule is CC(C)CSc1cc(-c2ccccc2)nc2nncn12. The predicted octanol–water partition coefficient (Wildman–Crippen LogP) is 3.54. The molecule has 0 N–H and O–H groups in total. The molecule has 3 aromatic rings. The van der Waals surface area contributed by atoms with Crippen LogP contribution in [0.15, 0.2) is 47.8 Å². The minimum absolute atomic E-state index is 0.639. The molecule has 3 rings (SSSR count). The fourth-order valence-corrected chi connectivity index (χ4v) is 2.87. The van der Waals surface area contributed by atoms with Gasteiger partial charge in [0.05, 0.1) is 10.7 Å². The summed E-state index contributed by atoms with van der Waals surface area (Å²) in [6.07, 6.45) is 1.72. The maximum Gasteiger partial charge on any atom is 0.256 e. The van der Waals surface area contributed by atoms with Crippen LogP contribution >= 0.6 is 11.8 Å². The number of fused-ring (bicyclic) bond motifs is 1. The van der Waals surface area contributed by atoms with Gasteiger partial charge in [-0.15, -0.1) is 22.0 Å². The third kappa shape index (κ3) is 2.67. The molecule has 2 heterocycles. The minimum Gasteiger partial charge on any atom is -0.260 e. The van der Waals surface area contributed by atoms with Gasteiger partial charge in [0, 0.05) is 11.3 Å². The Morgan fingerprint density at radius 3 is 2.75 bits per heavy atom. The molecule has 0 aliphatic heterocycles. The zero-order valence-electron chi connectivity index (χ0n) is 11.5. The lowest BCUT2D eigenvalue weighted by molar-refractivity contribution is 0.748.